The van der Waals surface area contributed by atoms with E-state index >= 15 is 0 Å². The van der Waals surface area contributed by atoms with Gasteiger partial charge in [-0.1, -0.05) is 30.3 Å². The Morgan fingerprint density at radius 2 is 2.00 bits per heavy atom. The average molecular weight is 388 g/mol. The van der Waals surface area contributed by atoms with Crippen molar-refractivity contribution in [2.75, 3.05) is 18.0 Å². The third-order valence-corrected chi connectivity index (χ3v) is 5.70. The average Bonchev–Trinajstić information content (AvgIpc) is 3.17. The molecule has 4 rings (SSSR count). The lowest BCUT2D eigenvalue weighted by molar-refractivity contribution is -0.128. The summed E-state index contributed by atoms with van der Waals surface area (Å²) in [7, 11) is 0. The van der Waals surface area contributed by atoms with Gasteiger partial charge in [0.1, 0.15) is 0 Å². The minimum Gasteiger partial charge on any atom is -0.316 e. The van der Waals surface area contributed by atoms with Crippen LogP contribution in [0.4, 0.5) is 5.69 Å². The Kier molecular flexibility index (Phi) is 5.32. The van der Waals surface area contributed by atoms with Crippen LogP contribution in [0.1, 0.15) is 30.9 Å². The number of carbonyl (C=O) groups excluding carboxylic acids is 2. The number of nitriles is 1. The zero-order chi connectivity index (χ0) is 20.4. The zero-order valence-electron chi connectivity index (χ0n) is 16.5. The minimum absolute atomic E-state index is 0.154. The van der Waals surface area contributed by atoms with Crippen LogP contribution in [-0.2, 0) is 22.7 Å². The van der Waals surface area contributed by atoms with E-state index in [4.69, 9.17) is 0 Å². The summed E-state index contributed by atoms with van der Waals surface area (Å²) < 4.78 is 0. The molecular weight excluding hydrogens is 364 g/mol. The number of piperidine rings is 1. The van der Waals surface area contributed by atoms with Crippen molar-refractivity contribution in [3.05, 3.63) is 53.6 Å². The monoisotopic (exact) mass is 388 g/mol. The number of anilines is 1. The van der Waals surface area contributed by atoms with Gasteiger partial charge in [-0.15, -0.1) is 0 Å². The predicted octanol–water partition coefficient (Wildman–Crippen LogP) is 3.03. The quantitative estimate of drug-likeness (QED) is 0.818. The maximum Gasteiger partial charge on any atom is 0.238 e. The van der Waals surface area contributed by atoms with Crippen molar-refractivity contribution in [1.82, 2.24) is 10.2 Å². The molecule has 6 heteroatoms. The summed E-state index contributed by atoms with van der Waals surface area (Å²) in [5.74, 6) is -0.634. The van der Waals surface area contributed by atoms with Crippen molar-refractivity contribution < 1.29 is 9.59 Å². The Balaban J connectivity index is 1.79. The van der Waals surface area contributed by atoms with E-state index in [1.807, 2.05) is 42.5 Å². The number of rotatable bonds is 3. The first-order valence-corrected chi connectivity index (χ1v) is 9.99. The Morgan fingerprint density at radius 1 is 1.21 bits per heavy atom. The molecule has 0 saturated carbocycles. The third kappa shape index (κ3) is 3.74. The number of carbonyl (C=O) groups is 2. The lowest BCUT2D eigenvalue weighted by atomic mass is 9.94. The van der Waals surface area contributed by atoms with Crippen molar-refractivity contribution >= 4 is 17.5 Å². The lowest BCUT2D eigenvalue weighted by Gasteiger charge is -2.28. The maximum atomic E-state index is 13.2. The van der Waals surface area contributed by atoms with E-state index in [9.17, 15) is 14.9 Å². The molecule has 0 radical (unpaired) electrons. The molecule has 6 nitrogen and oxygen atoms in total. The van der Waals surface area contributed by atoms with Crippen LogP contribution in [0, 0.1) is 17.4 Å². The SMILES string of the molecule is CC(=O)N(C(=O)C1CCCNC1)c1cc2c(c(-c3ccccc3)c1)CN(C#N)C2. The molecule has 29 heavy (non-hydrogen) atoms. The highest BCUT2D eigenvalue weighted by molar-refractivity contribution is 6.15. The summed E-state index contributed by atoms with van der Waals surface area (Å²) in [5, 5.41) is 12.6. The largest absolute Gasteiger partial charge is 0.316 e. The van der Waals surface area contributed by atoms with Gasteiger partial charge in [0.05, 0.1) is 24.7 Å². The second-order valence-corrected chi connectivity index (χ2v) is 7.69. The van der Waals surface area contributed by atoms with Crippen LogP contribution in [0.25, 0.3) is 11.1 Å². The fourth-order valence-electron chi connectivity index (χ4n) is 4.28. The molecule has 0 aliphatic carbocycles. The molecular formula is C23H24N4O2. The number of hydrogen-bond acceptors (Lipinski definition) is 5. The van der Waals surface area contributed by atoms with Gasteiger partial charge in [0, 0.05) is 13.5 Å². The van der Waals surface area contributed by atoms with Crippen LogP contribution in [0.3, 0.4) is 0 Å². The Bertz CT molecular complexity index is 974. The molecule has 2 aromatic rings. The maximum absolute atomic E-state index is 13.2. The molecule has 1 saturated heterocycles. The van der Waals surface area contributed by atoms with Crippen molar-refractivity contribution in [3.8, 4) is 17.3 Å². The molecule has 148 valence electrons. The number of nitrogens with zero attached hydrogens (tertiary/aromatic N) is 3. The second-order valence-electron chi connectivity index (χ2n) is 7.69. The summed E-state index contributed by atoms with van der Waals surface area (Å²) >= 11 is 0. The van der Waals surface area contributed by atoms with Gasteiger partial charge >= 0.3 is 0 Å². The van der Waals surface area contributed by atoms with Crippen molar-refractivity contribution in [2.24, 2.45) is 5.92 Å². The van der Waals surface area contributed by atoms with Crippen molar-refractivity contribution in [2.45, 2.75) is 32.9 Å². The highest BCUT2D eigenvalue weighted by Crippen LogP contribution is 2.37. The molecule has 1 fully saturated rings. The van der Waals surface area contributed by atoms with E-state index in [1.165, 1.54) is 11.8 Å². The summed E-state index contributed by atoms with van der Waals surface area (Å²) in [4.78, 5) is 28.7. The van der Waals surface area contributed by atoms with E-state index in [-0.39, 0.29) is 17.7 Å². The molecule has 2 aliphatic heterocycles. The molecule has 0 spiro atoms. The van der Waals surface area contributed by atoms with Gasteiger partial charge in [-0.3, -0.25) is 14.5 Å². The van der Waals surface area contributed by atoms with Crippen molar-refractivity contribution in [3.63, 3.8) is 0 Å². The smallest absolute Gasteiger partial charge is 0.238 e. The fraction of sp³-hybridized carbons (Fsp3) is 0.348. The number of imide groups is 1. The summed E-state index contributed by atoms with van der Waals surface area (Å²) in [6, 6.07) is 13.7. The van der Waals surface area contributed by atoms with E-state index in [0.29, 0.717) is 25.3 Å². The first kappa shape index (κ1) is 19.2. The van der Waals surface area contributed by atoms with Gasteiger partial charge in [-0.2, -0.15) is 5.26 Å². The molecule has 0 bridgehead atoms. The van der Waals surface area contributed by atoms with E-state index in [1.54, 1.807) is 4.90 Å². The van der Waals surface area contributed by atoms with Gasteiger partial charge in [0.2, 0.25) is 11.8 Å². The van der Waals surface area contributed by atoms with Crippen LogP contribution in [0.15, 0.2) is 42.5 Å². The highest BCUT2D eigenvalue weighted by Gasteiger charge is 2.31. The molecule has 2 amide bonds. The molecule has 1 N–H and O–H groups in total. The fourth-order valence-corrected chi connectivity index (χ4v) is 4.28. The van der Waals surface area contributed by atoms with Gasteiger partial charge in [0.15, 0.2) is 6.19 Å². The first-order valence-electron chi connectivity index (χ1n) is 9.99. The Morgan fingerprint density at radius 3 is 2.66 bits per heavy atom. The van der Waals surface area contributed by atoms with Gasteiger partial charge in [0.25, 0.3) is 0 Å². The van der Waals surface area contributed by atoms with Crippen LogP contribution < -0.4 is 10.2 Å². The summed E-state index contributed by atoms with van der Waals surface area (Å²) in [6.07, 6.45) is 3.93. The molecule has 1 unspecified atom stereocenters. The number of benzene rings is 2. The number of fused-ring (bicyclic) bond motifs is 1. The second kappa shape index (κ2) is 8.06. The molecule has 2 aromatic carbocycles. The standard InChI is InChI=1S/C23H24N4O2/c1-16(28)27(23(29)18-8-5-9-25-12-18)20-10-19-13-26(15-24)14-22(19)21(11-20)17-6-3-2-4-7-17/h2-4,6-7,10-11,18,25H,5,8-9,12-14H2,1H3. The van der Waals surface area contributed by atoms with E-state index in [2.05, 4.69) is 11.5 Å². The number of amides is 2. The summed E-state index contributed by atoms with van der Waals surface area (Å²) in [5.41, 5.74) is 4.64. The van der Waals surface area contributed by atoms with Crippen LogP contribution in [0.2, 0.25) is 0 Å². The highest BCUT2D eigenvalue weighted by atomic mass is 16.2. The minimum atomic E-state index is -0.283. The summed E-state index contributed by atoms with van der Waals surface area (Å²) in [6.45, 7) is 3.97. The number of nitrogens with one attached hydrogen (secondary N) is 1. The molecule has 2 heterocycles. The molecule has 1 atom stereocenters. The third-order valence-electron chi connectivity index (χ3n) is 5.70. The lowest BCUT2D eigenvalue weighted by Crippen LogP contribution is -2.45. The van der Waals surface area contributed by atoms with E-state index < -0.39 is 0 Å². The van der Waals surface area contributed by atoms with Gasteiger partial charge in [-0.05, 0) is 53.8 Å². The topological polar surface area (TPSA) is 76.4 Å². The molecule has 2 aliphatic rings. The van der Waals surface area contributed by atoms with E-state index in [0.717, 1.165) is 41.6 Å². The predicted molar refractivity (Wildman–Crippen MR) is 110 cm³/mol. The van der Waals surface area contributed by atoms with Gasteiger partial charge in [-0.25, -0.2) is 0 Å². The number of hydrogen-bond donors (Lipinski definition) is 1. The van der Waals surface area contributed by atoms with Crippen LogP contribution in [0.5, 0.6) is 0 Å². The Labute approximate surface area is 170 Å². The Hall–Kier alpha value is -3.17. The zero-order valence-corrected chi connectivity index (χ0v) is 16.5. The van der Waals surface area contributed by atoms with Crippen molar-refractivity contribution in [1.29, 1.82) is 5.26 Å². The van der Waals surface area contributed by atoms with Gasteiger partial charge < -0.3 is 10.2 Å². The first-order chi connectivity index (χ1) is 14.1. The van der Waals surface area contributed by atoms with Crippen LogP contribution in [-0.4, -0.2) is 29.8 Å². The molecule has 0 aromatic heterocycles. The normalized spacial score (nSPS) is 18.1. The van der Waals surface area contributed by atoms with Crippen LogP contribution >= 0.6 is 0 Å².